The first-order chi connectivity index (χ1) is 12.2. The Bertz CT molecular complexity index is 667. The van der Waals surface area contributed by atoms with E-state index in [1.807, 2.05) is 24.3 Å². The monoisotopic (exact) mass is 338 g/mol. The van der Waals surface area contributed by atoms with Crippen molar-refractivity contribution in [3.63, 3.8) is 0 Å². The Balaban J connectivity index is 1.47. The molecule has 132 valence electrons. The zero-order chi connectivity index (χ0) is 17.5. The fraction of sp³-hybridized carbons (Fsp3) is 0.409. The molecule has 0 spiro atoms. The minimum Gasteiger partial charge on any atom is -0.353 e. The molecule has 0 amide bonds. The van der Waals surface area contributed by atoms with Crippen LogP contribution in [0.3, 0.4) is 0 Å². The molecule has 2 aromatic rings. The third kappa shape index (κ3) is 5.25. The summed E-state index contributed by atoms with van der Waals surface area (Å²) in [5.74, 6) is 0.0998. The summed E-state index contributed by atoms with van der Waals surface area (Å²) in [6, 6.07) is 16.4. The zero-order valence-electron chi connectivity index (χ0n) is 14.9. The molecule has 25 heavy (non-hydrogen) atoms. The second-order valence-electron chi connectivity index (χ2n) is 6.60. The van der Waals surface area contributed by atoms with Gasteiger partial charge in [0.1, 0.15) is 0 Å². The van der Waals surface area contributed by atoms with E-state index in [1.165, 1.54) is 17.5 Å². The van der Waals surface area contributed by atoms with Gasteiger partial charge in [0, 0.05) is 12.2 Å². The number of Topliss-reactive ketones (excluding diaryl/α,β-unsaturated/α-hetero) is 1. The van der Waals surface area contributed by atoms with Crippen LogP contribution in [0.2, 0.25) is 0 Å². The van der Waals surface area contributed by atoms with E-state index in [0.717, 1.165) is 50.0 Å². The number of hydrogen-bond donors (Lipinski definition) is 0. The fourth-order valence-corrected chi connectivity index (χ4v) is 3.09. The van der Waals surface area contributed by atoms with Gasteiger partial charge in [0.05, 0.1) is 6.61 Å². The van der Waals surface area contributed by atoms with Gasteiger partial charge in [0.2, 0.25) is 0 Å². The minimum atomic E-state index is 0.00843. The van der Waals surface area contributed by atoms with Crippen molar-refractivity contribution in [1.82, 2.24) is 0 Å². The Morgan fingerprint density at radius 2 is 1.72 bits per heavy atom. The topological polar surface area (TPSA) is 35.5 Å². The van der Waals surface area contributed by atoms with Crippen molar-refractivity contribution >= 4 is 5.78 Å². The lowest BCUT2D eigenvalue weighted by Crippen LogP contribution is -2.22. The highest BCUT2D eigenvalue weighted by molar-refractivity contribution is 5.94. The molecule has 3 nitrogen and oxygen atoms in total. The molecule has 1 aliphatic rings. The average Bonchev–Trinajstić information content (AvgIpc) is 2.67. The van der Waals surface area contributed by atoms with E-state index in [9.17, 15) is 4.79 Å². The fourth-order valence-electron chi connectivity index (χ4n) is 3.09. The first-order valence-corrected chi connectivity index (χ1v) is 9.16. The molecule has 1 aliphatic heterocycles. The van der Waals surface area contributed by atoms with Crippen LogP contribution in [-0.2, 0) is 15.9 Å². The molecule has 2 aromatic carbocycles. The standard InChI is InChI=1S/C22H26O3/c1-17(23)19-11-13-21(14-12-19)20-9-7-18(8-10-20)5-4-16-25-22-6-2-3-15-24-22/h7-14,22H,2-6,15-16H2,1H3. The number of carbonyl (C=O) groups is 1. The smallest absolute Gasteiger partial charge is 0.159 e. The Hall–Kier alpha value is -1.97. The molecule has 0 aromatic heterocycles. The summed E-state index contributed by atoms with van der Waals surface area (Å²) in [6.07, 6.45) is 5.41. The van der Waals surface area contributed by atoms with Gasteiger partial charge >= 0.3 is 0 Å². The van der Waals surface area contributed by atoms with Gasteiger partial charge in [0.15, 0.2) is 12.1 Å². The quantitative estimate of drug-likeness (QED) is 0.524. The molecular formula is C22H26O3. The molecule has 0 aliphatic carbocycles. The Morgan fingerprint density at radius 3 is 2.32 bits per heavy atom. The number of rotatable bonds is 7. The van der Waals surface area contributed by atoms with Crippen LogP contribution in [0.25, 0.3) is 11.1 Å². The highest BCUT2D eigenvalue weighted by atomic mass is 16.7. The van der Waals surface area contributed by atoms with E-state index in [2.05, 4.69) is 24.3 Å². The zero-order valence-corrected chi connectivity index (χ0v) is 14.9. The van der Waals surface area contributed by atoms with Gasteiger partial charge in [-0.1, -0.05) is 48.5 Å². The number of carbonyl (C=O) groups excluding carboxylic acids is 1. The van der Waals surface area contributed by atoms with E-state index in [-0.39, 0.29) is 12.1 Å². The normalized spacial score (nSPS) is 17.4. The summed E-state index contributed by atoms with van der Waals surface area (Å²) in [5, 5.41) is 0. The molecule has 3 rings (SSSR count). The minimum absolute atomic E-state index is 0.00843. The van der Waals surface area contributed by atoms with Crippen LogP contribution in [0.5, 0.6) is 0 Å². The van der Waals surface area contributed by atoms with Crippen molar-refractivity contribution in [3.05, 3.63) is 59.7 Å². The molecular weight excluding hydrogens is 312 g/mol. The van der Waals surface area contributed by atoms with E-state index >= 15 is 0 Å². The lowest BCUT2D eigenvalue weighted by molar-refractivity contribution is -0.162. The third-order valence-corrected chi connectivity index (χ3v) is 4.63. The Morgan fingerprint density at radius 1 is 1.04 bits per heavy atom. The lowest BCUT2D eigenvalue weighted by Gasteiger charge is -2.22. The average molecular weight is 338 g/mol. The van der Waals surface area contributed by atoms with E-state index in [0.29, 0.717) is 0 Å². The second kappa shape index (κ2) is 8.93. The second-order valence-corrected chi connectivity index (χ2v) is 6.60. The van der Waals surface area contributed by atoms with Gasteiger partial charge < -0.3 is 9.47 Å². The first-order valence-electron chi connectivity index (χ1n) is 9.16. The predicted octanol–water partition coefficient (Wildman–Crippen LogP) is 5.03. The molecule has 0 bridgehead atoms. The third-order valence-electron chi connectivity index (χ3n) is 4.63. The summed E-state index contributed by atoms with van der Waals surface area (Å²) >= 11 is 0. The Labute approximate surface area is 150 Å². The summed E-state index contributed by atoms with van der Waals surface area (Å²) in [4.78, 5) is 11.3. The largest absolute Gasteiger partial charge is 0.353 e. The van der Waals surface area contributed by atoms with Crippen LogP contribution in [-0.4, -0.2) is 25.3 Å². The number of ketones is 1. The maximum atomic E-state index is 11.3. The van der Waals surface area contributed by atoms with Gasteiger partial charge in [-0.25, -0.2) is 0 Å². The van der Waals surface area contributed by atoms with Crippen LogP contribution < -0.4 is 0 Å². The van der Waals surface area contributed by atoms with E-state index in [1.54, 1.807) is 6.92 Å². The summed E-state index contributed by atoms with van der Waals surface area (Å²) in [7, 11) is 0. The van der Waals surface area contributed by atoms with E-state index in [4.69, 9.17) is 9.47 Å². The number of hydrogen-bond acceptors (Lipinski definition) is 3. The van der Waals surface area contributed by atoms with Gasteiger partial charge in [-0.3, -0.25) is 4.79 Å². The highest BCUT2D eigenvalue weighted by Crippen LogP contribution is 2.21. The molecule has 1 unspecified atom stereocenters. The summed E-state index contributed by atoms with van der Waals surface area (Å²) < 4.78 is 11.4. The lowest BCUT2D eigenvalue weighted by atomic mass is 10.0. The van der Waals surface area contributed by atoms with Crippen LogP contribution in [0, 0.1) is 0 Å². The molecule has 0 saturated carbocycles. The molecule has 1 heterocycles. The van der Waals surface area contributed by atoms with E-state index < -0.39 is 0 Å². The van der Waals surface area contributed by atoms with Crippen molar-refractivity contribution in [2.75, 3.05) is 13.2 Å². The van der Waals surface area contributed by atoms with Crippen LogP contribution in [0.15, 0.2) is 48.5 Å². The van der Waals surface area contributed by atoms with Crippen molar-refractivity contribution in [3.8, 4) is 11.1 Å². The van der Waals surface area contributed by atoms with Crippen molar-refractivity contribution in [2.45, 2.75) is 45.3 Å². The number of benzene rings is 2. The summed E-state index contributed by atoms with van der Waals surface area (Å²) in [5.41, 5.74) is 4.37. The number of aryl methyl sites for hydroxylation is 1. The van der Waals surface area contributed by atoms with Gasteiger partial charge in [-0.15, -0.1) is 0 Å². The molecule has 1 fully saturated rings. The molecule has 1 saturated heterocycles. The van der Waals surface area contributed by atoms with Crippen molar-refractivity contribution in [1.29, 1.82) is 0 Å². The maximum absolute atomic E-state index is 11.3. The summed E-state index contributed by atoms with van der Waals surface area (Å²) in [6.45, 7) is 3.17. The van der Waals surface area contributed by atoms with Crippen LogP contribution >= 0.6 is 0 Å². The predicted molar refractivity (Wildman–Crippen MR) is 99.7 cm³/mol. The molecule has 0 radical (unpaired) electrons. The first kappa shape index (κ1) is 17.8. The number of ether oxygens (including phenoxy) is 2. The Kier molecular flexibility index (Phi) is 6.37. The van der Waals surface area contributed by atoms with Crippen LogP contribution in [0.4, 0.5) is 0 Å². The SMILES string of the molecule is CC(=O)c1ccc(-c2ccc(CCCOC3CCCCO3)cc2)cc1. The van der Waals surface area contributed by atoms with Crippen molar-refractivity contribution < 1.29 is 14.3 Å². The van der Waals surface area contributed by atoms with Gasteiger partial charge in [-0.05, 0) is 55.7 Å². The molecule has 0 N–H and O–H groups in total. The maximum Gasteiger partial charge on any atom is 0.159 e. The van der Waals surface area contributed by atoms with Crippen molar-refractivity contribution in [2.24, 2.45) is 0 Å². The molecule has 1 atom stereocenters. The van der Waals surface area contributed by atoms with Crippen LogP contribution in [0.1, 0.15) is 48.5 Å². The highest BCUT2D eigenvalue weighted by Gasteiger charge is 2.13. The molecule has 3 heteroatoms. The van der Waals surface area contributed by atoms with Gasteiger partial charge in [0.25, 0.3) is 0 Å². The van der Waals surface area contributed by atoms with Gasteiger partial charge in [-0.2, -0.15) is 0 Å².